The molecule has 0 bridgehead atoms. The Labute approximate surface area is 167 Å². The van der Waals surface area contributed by atoms with Crippen LogP contribution in [-0.2, 0) is 7.05 Å². The predicted octanol–water partition coefficient (Wildman–Crippen LogP) is 2.16. The van der Waals surface area contributed by atoms with Crippen molar-refractivity contribution in [3.63, 3.8) is 0 Å². The Bertz CT molecular complexity index is 1200. The first-order valence-electron chi connectivity index (χ1n) is 10.2. The molecule has 8 nitrogen and oxygen atoms in total. The summed E-state index contributed by atoms with van der Waals surface area (Å²) >= 11 is 0. The predicted molar refractivity (Wildman–Crippen MR) is 110 cm³/mol. The van der Waals surface area contributed by atoms with Crippen LogP contribution in [0.15, 0.2) is 43.1 Å². The van der Waals surface area contributed by atoms with Crippen LogP contribution in [0.2, 0.25) is 0 Å². The quantitative estimate of drug-likeness (QED) is 0.566. The number of imidazole rings is 2. The van der Waals surface area contributed by atoms with Crippen molar-refractivity contribution in [1.82, 2.24) is 29.1 Å². The lowest BCUT2D eigenvalue weighted by Crippen LogP contribution is -2.36. The molecule has 8 heteroatoms. The molecule has 0 amide bonds. The Hall–Kier alpha value is -3.00. The van der Waals surface area contributed by atoms with Crippen LogP contribution < -0.4 is 4.90 Å². The molecule has 1 saturated carbocycles. The molecule has 0 spiro atoms. The van der Waals surface area contributed by atoms with E-state index in [0.717, 1.165) is 54.1 Å². The van der Waals surface area contributed by atoms with E-state index in [9.17, 15) is 5.11 Å². The van der Waals surface area contributed by atoms with Crippen molar-refractivity contribution in [2.75, 3.05) is 18.0 Å². The minimum absolute atomic E-state index is 0.0581. The van der Waals surface area contributed by atoms with Crippen molar-refractivity contribution in [3.8, 4) is 0 Å². The van der Waals surface area contributed by atoms with E-state index >= 15 is 0 Å². The van der Waals surface area contributed by atoms with Crippen LogP contribution in [0.25, 0.3) is 22.2 Å². The second-order valence-electron chi connectivity index (χ2n) is 8.41. The van der Waals surface area contributed by atoms with Crippen LogP contribution in [-0.4, -0.2) is 53.4 Å². The molecule has 6 rings (SSSR count). The SMILES string of the molecule is Cn1cnc2nc(N3C[C@H]4C[C@@H](n5cnc6ccccc65)[C@H](O)C[C@H]4C3)ncc21. The Morgan fingerprint density at radius 2 is 1.79 bits per heavy atom. The van der Waals surface area contributed by atoms with E-state index < -0.39 is 0 Å². The largest absolute Gasteiger partial charge is 0.391 e. The zero-order valence-electron chi connectivity index (χ0n) is 16.3. The van der Waals surface area contributed by atoms with Gasteiger partial charge in [-0.15, -0.1) is 0 Å². The monoisotopic (exact) mass is 389 g/mol. The first-order valence-corrected chi connectivity index (χ1v) is 10.2. The third-order valence-corrected chi connectivity index (χ3v) is 6.70. The number of para-hydroxylation sites is 2. The molecule has 4 atom stereocenters. The van der Waals surface area contributed by atoms with Crippen LogP contribution in [0.1, 0.15) is 18.9 Å². The first kappa shape index (κ1) is 16.9. The highest BCUT2D eigenvalue weighted by atomic mass is 16.3. The number of rotatable bonds is 2. The number of nitrogens with zero attached hydrogens (tertiary/aromatic N) is 7. The van der Waals surface area contributed by atoms with Crippen molar-refractivity contribution >= 4 is 28.1 Å². The van der Waals surface area contributed by atoms with Gasteiger partial charge in [0.1, 0.15) is 5.52 Å². The molecule has 1 aliphatic heterocycles. The molecule has 3 aromatic heterocycles. The van der Waals surface area contributed by atoms with E-state index in [0.29, 0.717) is 11.8 Å². The summed E-state index contributed by atoms with van der Waals surface area (Å²) in [5.41, 5.74) is 3.74. The molecule has 1 N–H and O–H groups in total. The Morgan fingerprint density at radius 3 is 2.69 bits per heavy atom. The molecule has 1 aromatic carbocycles. The lowest BCUT2D eigenvalue weighted by atomic mass is 9.77. The molecule has 2 aliphatic rings. The summed E-state index contributed by atoms with van der Waals surface area (Å²) in [5.74, 6) is 1.70. The summed E-state index contributed by atoms with van der Waals surface area (Å²) in [6, 6.07) is 8.19. The van der Waals surface area contributed by atoms with E-state index in [1.165, 1.54) is 0 Å². The number of hydrogen-bond acceptors (Lipinski definition) is 6. The number of aromatic nitrogens is 6. The van der Waals surface area contributed by atoms with Crippen LogP contribution in [0, 0.1) is 11.8 Å². The average Bonchev–Trinajstić information content (AvgIpc) is 3.44. The number of fused-ring (bicyclic) bond motifs is 3. The van der Waals surface area contributed by atoms with Crippen LogP contribution in [0.5, 0.6) is 0 Å². The van der Waals surface area contributed by atoms with Crippen LogP contribution >= 0.6 is 0 Å². The summed E-state index contributed by atoms with van der Waals surface area (Å²) < 4.78 is 4.09. The molecule has 148 valence electrons. The Morgan fingerprint density at radius 1 is 0.966 bits per heavy atom. The smallest absolute Gasteiger partial charge is 0.227 e. The van der Waals surface area contributed by atoms with Crippen molar-refractivity contribution in [2.45, 2.75) is 25.0 Å². The summed E-state index contributed by atoms with van der Waals surface area (Å²) in [6.07, 6.45) is 6.86. The normalized spacial score (nSPS) is 27.0. The van der Waals surface area contributed by atoms with Gasteiger partial charge in [-0.3, -0.25) is 0 Å². The van der Waals surface area contributed by atoms with Crippen molar-refractivity contribution in [3.05, 3.63) is 43.1 Å². The second kappa shape index (κ2) is 6.25. The number of benzene rings is 1. The molecular weight excluding hydrogens is 366 g/mol. The van der Waals surface area contributed by atoms with Gasteiger partial charge in [-0.2, -0.15) is 4.98 Å². The summed E-state index contributed by atoms with van der Waals surface area (Å²) in [7, 11) is 1.95. The number of aryl methyl sites for hydroxylation is 1. The van der Waals surface area contributed by atoms with Crippen LogP contribution in [0.4, 0.5) is 5.95 Å². The third kappa shape index (κ3) is 2.62. The minimum Gasteiger partial charge on any atom is -0.391 e. The zero-order chi connectivity index (χ0) is 19.5. The molecule has 0 radical (unpaired) electrons. The van der Waals surface area contributed by atoms with Gasteiger partial charge in [0, 0.05) is 20.1 Å². The highest BCUT2D eigenvalue weighted by Crippen LogP contribution is 2.42. The van der Waals surface area contributed by atoms with Gasteiger partial charge >= 0.3 is 0 Å². The van der Waals surface area contributed by atoms with E-state index in [-0.39, 0.29) is 12.1 Å². The van der Waals surface area contributed by atoms with E-state index in [1.54, 1.807) is 6.33 Å². The fraction of sp³-hybridized carbons (Fsp3) is 0.429. The molecule has 1 saturated heterocycles. The van der Waals surface area contributed by atoms with Gasteiger partial charge in [0.2, 0.25) is 5.95 Å². The van der Waals surface area contributed by atoms with E-state index in [1.807, 2.05) is 42.3 Å². The molecule has 4 aromatic rings. The highest BCUT2D eigenvalue weighted by Gasteiger charge is 2.43. The van der Waals surface area contributed by atoms with Crippen molar-refractivity contribution < 1.29 is 5.11 Å². The van der Waals surface area contributed by atoms with Gasteiger partial charge in [0.15, 0.2) is 5.65 Å². The van der Waals surface area contributed by atoms with Crippen molar-refractivity contribution in [1.29, 1.82) is 0 Å². The second-order valence-corrected chi connectivity index (χ2v) is 8.41. The topological polar surface area (TPSA) is 84.9 Å². The third-order valence-electron chi connectivity index (χ3n) is 6.70. The molecule has 1 aliphatic carbocycles. The van der Waals surface area contributed by atoms with Gasteiger partial charge in [-0.1, -0.05) is 12.1 Å². The Balaban J connectivity index is 1.27. The van der Waals surface area contributed by atoms with Crippen LogP contribution in [0.3, 0.4) is 0 Å². The van der Waals surface area contributed by atoms with Gasteiger partial charge in [-0.05, 0) is 36.8 Å². The molecule has 29 heavy (non-hydrogen) atoms. The maximum atomic E-state index is 10.9. The first-order chi connectivity index (χ1) is 14.2. The van der Waals surface area contributed by atoms with E-state index in [2.05, 4.69) is 35.5 Å². The fourth-order valence-corrected chi connectivity index (χ4v) is 5.17. The summed E-state index contributed by atoms with van der Waals surface area (Å²) in [4.78, 5) is 20.4. The van der Waals surface area contributed by atoms with Crippen molar-refractivity contribution in [2.24, 2.45) is 18.9 Å². The zero-order valence-corrected chi connectivity index (χ0v) is 16.3. The molecule has 4 heterocycles. The standard InChI is InChI=1S/C21H23N7O/c1-26-11-24-20-18(26)8-22-21(25-20)27-9-13-6-17(19(29)7-14(13)10-27)28-12-23-15-4-2-3-5-16(15)28/h2-5,8,11-14,17,19,29H,6-7,9-10H2,1H3/t13-,14+,17-,19-/m1/s1. The summed E-state index contributed by atoms with van der Waals surface area (Å²) in [5, 5.41) is 10.9. The lowest BCUT2D eigenvalue weighted by molar-refractivity contribution is 0.0375. The number of aliphatic hydroxyl groups excluding tert-OH is 1. The minimum atomic E-state index is -0.368. The maximum Gasteiger partial charge on any atom is 0.227 e. The number of aliphatic hydroxyl groups is 1. The highest BCUT2D eigenvalue weighted by molar-refractivity contribution is 5.75. The molecule has 2 fully saturated rings. The molecular formula is C21H23N7O. The lowest BCUT2D eigenvalue weighted by Gasteiger charge is -2.36. The fourth-order valence-electron chi connectivity index (χ4n) is 5.17. The Kier molecular flexibility index (Phi) is 3.64. The number of anilines is 1. The van der Waals surface area contributed by atoms with E-state index in [4.69, 9.17) is 0 Å². The average molecular weight is 389 g/mol. The van der Waals surface area contributed by atoms with Gasteiger partial charge in [0.25, 0.3) is 0 Å². The maximum absolute atomic E-state index is 10.9. The van der Waals surface area contributed by atoms with Gasteiger partial charge in [-0.25, -0.2) is 15.0 Å². The molecule has 0 unspecified atom stereocenters. The van der Waals surface area contributed by atoms with Gasteiger partial charge in [0.05, 0.1) is 42.0 Å². The van der Waals surface area contributed by atoms with Gasteiger partial charge < -0.3 is 19.1 Å². The summed E-state index contributed by atoms with van der Waals surface area (Å²) in [6.45, 7) is 1.80. The number of hydrogen-bond donors (Lipinski definition) is 1.